The third-order valence-electron chi connectivity index (χ3n) is 7.53. The van der Waals surface area contributed by atoms with E-state index in [0.717, 1.165) is 11.1 Å². The van der Waals surface area contributed by atoms with Crippen LogP contribution in [0.15, 0.2) is 30.3 Å². The molecule has 2 aliphatic heterocycles. The van der Waals surface area contributed by atoms with E-state index in [2.05, 4.69) is 16.1 Å². The number of nitrogens with one attached hydrogen (secondary N) is 3. The SMILES string of the molecule is CO[C@@H]1CC/C=C/c2cccc(c2)[C@@H](C)NC(=O)[C@@H]2CCCN(N2)C(=O)[C@H](C)NC(=O)[C@H](C(C)C)OC(=O)[C@@H]1C. The van der Waals surface area contributed by atoms with Crippen LogP contribution in [0.5, 0.6) is 0 Å². The van der Waals surface area contributed by atoms with Crippen molar-refractivity contribution >= 4 is 29.8 Å². The maximum absolute atomic E-state index is 13.2. The number of carbonyl (C=O) groups is 4. The number of nitrogens with zero attached hydrogens (tertiary/aromatic N) is 1. The summed E-state index contributed by atoms with van der Waals surface area (Å²) in [5.74, 6) is -2.55. The summed E-state index contributed by atoms with van der Waals surface area (Å²) in [7, 11) is 1.56. The number of ether oxygens (including phenoxy) is 2. The van der Waals surface area contributed by atoms with Gasteiger partial charge in [0.1, 0.15) is 12.1 Å². The lowest BCUT2D eigenvalue weighted by Crippen LogP contribution is -2.61. The average molecular weight is 557 g/mol. The Hall–Kier alpha value is -3.24. The Morgan fingerprint density at radius 3 is 2.42 bits per heavy atom. The molecule has 0 aliphatic carbocycles. The van der Waals surface area contributed by atoms with E-state index in [1.807, 2.05) is 43.3 Å². The highest BCUT2D eigenvalue weighted by Gasteiger charge is 2.35. The summed E-state index contributed by atoms with van der Waals surface area (Å²) in [4.78, 5) is 52.5. The Labute approximate surface area is 237 Å². The molecule has 1 saturated heterocycles. The van der Waals surface area contributed by atoms with Gasteiger partial charge in [0.25, 0.3) is 11.8 Å². The second-order valence-corrected chi connectivity index (χ2v) is 11.1. The van der Waals surface area contributed by atoms with Crippen molar-refractivity contribution in [2.24, 2.45) is 11.8 Å². The predicted molar refractivity (Wildman–Crippen MR) is 151 cm³/mol. The van der Waals surface area contributed by atoms with Crippen LogP contribution in [-0.2, 0) is 28.7 Å². The zero-order chi connectivity index (χ0) is 29.4. The van der Waals surface area contributed by atoms with Gasteiger partial charge in [-0.1, -0.05) is 44.2 Å². The van der Waals surface area contributed by atoms with Crippen molar-refractivity contribution in [3.8, 4) is 0 Å². The van der Waals surface area contributed by atoms with E-state index in [4.69, 9.17) is 9.47 Å². The van der Waals surface area contributed by atoms with Crippen molar-refractivity contribution in [3.05, 3.63) is 41.5 Å². The normalized spacial score (nSPS) is 30.4. The Morgan fingerprint density at radius 1 is 1.00 bits per heavy atom. The van der Waals surface area contributed by atoms with Gasteiger partial charge in [-0.05, 0) is 69.6 Å². The smallest absolute Gasteiger partial charge is 0.312 e. The van der Waals surface area contributed by atoms with Gasteiger partial charge in [0, 0.05) is 13.7 Å². The fourth-order valence-corrected chi connectivity index (χ4v) is 4.98. The fraction of sp³-hybridized carbons (Fsp3) is 0.600. The van der Waals surface area contributed by atoms with Crippen LogP contribution in [0.4, 0.5) is 0 Å². The van der Waals surface area contributed by atoms with E-state index in [-0.39, 0.29) is 23.8 Å². The molecule has 0 aromatic heterocycles. The largest absolute Gasteiger partial charge is 0.452 e. The van der Waals surface area contributed by atoms with Crippen LogP contribution < -0.4 is 16.1 Å². The number of cyclic esters (lactones) is 1. The Morgan fingerprint density at radius 2 is 1.73 bits per heavy atom. The van der Waals surface area contributed by atoms with Crippen molar-refractivity contribution in [3.63, 3.8) is 0 Å². The summed E-state index contributed by atoms with van der Waals surface area (Å²) < 4.78 is 11.3. The minimum Gasteiger partial charge on any atom is -0.452 e. The standard InChI is InChI=1S/C30H44N4O6/c1-18(2)26-28(36)32-21(5)29(37)34-16-10-14-24(33-34)27(35)31-20(4)23-13-9-12-22(17-23)11-7-8-15-25(39-6)19(3)30(38)40-26/h7,9,11-13,17-21,24-26,33H,8,10,14-16H2,1-6H3,(H,31,35)(H,32,36)/b11-7+/t19-,20-,21+,24+,25-,26+/m1/s1. The molecule has 3 amide bonds. The summed E-state index contributed by atoms with van der Waals surface area (Å²) in [5.41, 5.74) is 4.99. The van der Waals surface area contributed by atoms with Crippen LogP contribution in [0.1, 0.15) is 77.5 Å². The number of amides is 3. The Kier molecular flexibility index (Phi) is 11.3. The number of carbonyl (C=O) groups excluding carboxylic acids is 4. The topological polar surface area (TPSA) is 126 Å². The number of fused-ring (bicyclic) bond motifs is 4. The molecular weight excluding hydrogens is 512 g/mol. The first-order chi connectivity index (χ1) is 19.0. The van der Waals surface area contributed by atoms with Gasteiger partial charge in [0.15, 0.2) is 6.10 Å². The molecule has 220 valence electrons. The van der Waals surface area contributed by atoms with Crippen LogP contribution in [-0.4, -0.2) is 66.6 Å². The van der Waals surface area contributed by atoms with Gasteiger partial charge >= 0.3 is 5.97 Å². The lowest BCUT2D eigenvalue weighted by atomic mass is 9.99. The molecule has 6 atom stereocenters. The van der Waals surface area contributed by atoms with Gasteiger partial charge in [0.05, 0.1) is 18.1 Å². The second kappa shape index (κ2) is 14.4. The summed E-state index contributed by atoms with van der Waals surface area (Å²) in [5, 5.41) is 7.14. The maximum Gasteiger partial charge on any atom is 0.312 e. The average Bonchev–Trinajstić information content (AvgIpc) is 2.94. The molecule has 40 heavy (non-hydrogen) atoms. The highest BCUT2D eigenvalue weighted by atomic mass is 16.6. The third-order valence-corrected chi connectivity index (χ3v) is 7.53. The highest BCUT2D eigenvalue weighted by molar-refractivity contribution is 5.91. The van der Waals surface area contributed by atoms with Crippen molar-refractivity contribution in [2.45, 2.75) is 90.6 Å². The molecule has 0 radical (unpaired) electrons. The van der Waals surface area contributed by atoms with E-state index in [0.29, 0.717) is 32.2 Å². The van der Waals surface area contributed by atoms with Crippen molar-refractivity contribution in [2.75, 3.05) is 13.7 Å². The first-order valence-electron chi connectivity index (χ1n) is 14.2. The lowest BCUT2D eigenvalue weighted by molar-refractivity contribution is -0.166. The number of benzene rings is 1. The maximum atomic E-state index is 13.2. The molecular formula is C30H44N4O6. The summed E-state index contributed by atoms with van der Waals surface area (Å²) in [6, 6.07) is 6.23. The minimum atomic E-state index is -1.07. The number of hydrogen-bond acceptors (Lipinski definition) is 7. The van der Waals surface area contributed by atoms with Crippen molar-refractivity contribution < 1.29 is 28.7 Å². The molecule has 3 N–H and O–H groups in total. The molecule has 2 aliphatic rings. The zero-order valence-corrected chi connectivity index (χ0v) is 24.4. The monoisotopic (exact) mass is 556 g/mol. The van der Waals surface area contributed by atoms with Gasteiger partial charge in [-0.25, -0.2) is 5.43 Å². The first-order valence-corrected chi connectivity index (χ1v) is 14.2. The van der Waals surface area contributed by atoms with Gasteiger partial charge in [-0.3, -0.25) is 24.2 Å². The lowest BCUT2D eigenvalue weighted by Gasteiger charge is -2.35. The van der Waals surface area contributed by atoms with Crippen LogP contribution >= 0.6 is 0 Å². The summed E-state index contributed by atoms with van der Waals surface area (Å²) >= 11 is 0. The number of hydrogen-bond donors (Lipinski definition) is 3. The highest BCUT2D eigenvalue weighted by Crippen LogP contribution is 2.20. The molecule has 0 saturated carbocycles. The number of hydrazine groups is 1. The van der Waals surface area contributed by atoms with Crippen LogP contribution in [0.3, 0.4) is 0 Å². The number of allylic oxidation sites excluding steroid dienone is 1. The quantitative estimate of drug-likeness (QED) is 0.478. The molecule has 2 heterocycles. The van der Waals surface area contributed by atoms with Crippen molar-refractivity contribution in [1.82, 2.24) is 21.1 Å². The molecule has 0 unspecified atom stereocenters. The van der Waals surface area contributed by atoms with E-state index in [9.17, 15) is 19.2 Å². The fourth-order valence-electron chi connectivity index (χ4n) is 4.98. The van der Waals surface area contributed by atoms with Gasteiger partial charge in [-0.2, -0.15) is 0 Å². The van der Waals surface area contributed by atoms with Crippen LogP contribution in [0.2, 0.25) is 0 Å². The predicted octanol–water partition coefficient (Wildman–Crippen LogP) is 2.89. The number of rotatable bonds is 2. The molecule has 1 fully saturated rings. The summed E-state index contributed by atoms with van der Waals surface area (Å²) in [6.45, 7) is 9.21. The molecule has 10 nitrogen and oxygen atoms in total. The Bertz CT molecular complexity index is 1090. The van der Waals surface area contributed by atoms with Crippen LogP contribution in [0.25, 0.3) is 6.08 Å². The van der Waals surface area contributed by atoms with Crippen molar-refractivity contribution in [1.29, 1.82) is 0 Å². The van der Waals surface area contributed by atoms with E-state index >= 15 is 0 Å². The zero-order valence-electron chi connectivity index (χ0n) is 24.4. The van der Waals surface area contributed by atoms with E-state index in [1.165, 1.54) is 5.01 Å². The minimum absolute atomic E-state index is 0.198. The molecule has 0 spiro atoms. The molecule has 10 heteroatoms. The first kappa shape index (κ1) is 31.3. The molecule has 1 aromatic carbocycles. The summed E-state index contributed by atoms with van der Waals surface area (Å²) in [6.07, 6.45) is 5.05. The molecule has 3 rings (SSSR count). The third kappa shape index (κ3) is 8.14. The Balaban J connectivity index is 1.87. The molecule has 4 bridgehead atoms. The number of methoxy groups -OCH3 is 1. The molecule has 1 aromatic rings. The number of esters is 1. The van der Waals surface area contributed by atoms with Crippen LogP contribution in [0, 0.1) is 11.8 Å². The van der Waals surface area contributed by atoms with Gasteiger partial charge < -0.3 is 20.1 Å². The van der Waals surface area contributed by atoms with Gasteiger partial charge in [0.2, 0.25) is 5.91 Å². The van der Waals surface area contributed by atoms with E-state index < -0.39 is 42.1 Å². The van der Waals surface area contributed by atoms with Gasteiger partial charge in [-0.15, -0.1) is 0 Å². The van der Waals surface area contributed by atoms with E-state index in [1.54, 1.807) is 34.8 Å². The second-order valence-electron chi connectivity index (χ2n) is 11.1.